The molecule has 0 unspecified atom stereocenters. The summed E-state index contributed by atoms with van der Waals surface area (Å²) in [5.41, 5.74) is -0.487. The van der Waals surface area contributed by atoms with E-state index in [4.69, 9.17) is 0 Å². The lowest BCUT2D eigenvalue weighted by molar-refractivity contribution is -0.126. The Morgan fingerprint density at radius 3 is 2.16 bits per heavy atom. The van der Waals surface area contributed by atoms with E-state index in [1.54, 1.807) is 0 Å². The highest BCUT2D eigenvalue weighted by molar-refractivity contribution is 5.88. The summed E-state index contributed by atoms with van der Waals surface area (Å²) in [4.78, 5) is 11.8. The molecule has 0 saturated heterocycles. The lowest BCUT2D eigenvalue weighted by Gasteiger charge is -2.13. The van der Waals surface area contributed by atoms with Gasteiger partial charge in [0.15, 0.2) is 23.2 Å². The van der Waals surface area contributed by atoms with E-state index < -0.39 is 41.0 Å². The molecule has 1 aromatic rings. The zero-order valence-electron chi connectivity index (χ0n) is 10.2. The number of benzene rings is 1. The summed E-state index contributed by atoms with van der Waals surface area (Å²) in [6, 6.07) is 0.0910. The van der Waals surface area contributed by atoms with Crippen molar-refractivity contribution in [3.05, 3.63) is 29.3 Å². The Kier molecular flexibility index (Phi) is 3.52. The average molecular weight is 276 g/mol. The summed E-state index contributed by atoms with van der Waals surface area (Å²) in [7, 11) is 0. The maximum atomic E-state index is 13.3. The SMILES string of the molecule is CCC1(C(=O)COc2c(F)c(F)cc(F)c2F)CC1. The van der Waals surface area contributed by atoms with Crippen LogP contribution in [0.15, 0.2) is 6.07 Å². The molecule has 0 aliphatic heterocycles. The first-order valence-electron chi connectivity index (χ1n) is 5.90. The van der Waals surface area contributed by atoms with Gasteiger partial charge in [0.25, 0.3) is 0 Å². The standard InChI is InChI=1S/C13H12F4O2/c1-2-13(3-4-13)9(18)6-19-12-10(16)7(14)5-8(15)11(12)17/h5H,2-4,6H2,1H3. The maximum Gasteiger partial charge on any atom is 0.203 e. The number of hydrogen-bond donors (Lipinski definition) is 0. The Labute approximate surface area is 107 Å². The van der Waals surface area contributed by atoms with E-state index in [2.05, 4.69) is 4.74 Å². The molecule has 1 fully saturated rings. The van der Waals surface area contributed by atoms with Crippen LogP contribution in [0.4, 0.5) is 17.6 Å². The Morgan fingerprint density at radius 1 is 1.21 bits per heavy atom. The van der Waals surface area contributed by atoms with E-state index >= 15 is 0 Å². The topological polar surface area (TPSA) is 26.3 Å². The van der Waals surface area contributed by atoms with Crippen LogP contribution >= 0.6 is 0 Å². The molecule has 0 atom stereocenters. The number of rotatable bonds is 5. The normalized spacial score (nSPS) is 16.3. The number of Topliss-reactive ketones (excluding diaryl/α,β-unsaturated/α-hetero) is 1. The van der Waals surface area contributed by atoms with E-state index in [1.165, 1.54) is 0 Å². The van der Waals surface area contributed by atoms with Crippen molar-refractivity contribution in [1.82, 2.24) is 0 Å². The molecule has 19 heavy (non-hydrogen) atoms. The van der Waals surface area contributed by atoms with Gasteiger partial charge in [0.2, 0.25) is 11.6 Å². The van der Waals surface area contributed by atoms with E-state index in [0.717, 1.165) is 0 Å². The highest BCUT2D eigenvalue weighted by Crippen LogP contribution is 2.49. The van der Waals surface area contributed by atoms with Crippen LogP contribution in [0.2, 0.25) is 0 Å². The van der Waals surface area contributed by atoms with Crippen LogP contribution in [0.25, 0.3) is 0 Å². The van der Waals surface area contributed by atoms with Crippen LogP contribution < -0.4 is 4.74 Å². The second-order valence-corrected chi connectivity index (χ2v) is 4.64. The highest BCUT2D eigenvalue weighted by atomic mass is 19.2. The van der Waals surface area contributed by atoms with Crippen molar-refractivity contribution in [2.24, 2.45) is 5.41 Å². The lowest BCUT2D eigenvalue weighted by Crippen LogP contribution is -2.23. The molecule has 6 heteroatoms. The lowest BCUT2D eigenvalue weighted by atomic mass is 9.98. The Hall–Kier alpha value is -1.59. The van der Waals surface area contributed by atoms with Crippen molar-refractivity contribution in [3.8, 4) is 5.75 Å². The zero-order chi connectivity index (χ0) is 14.2. The molecule has 0 heterocycles. The van der Waals surface area contributed by atoms with Crippen molar-refractivity contribution >= 4 is 5.78 Å². The van der Waals surface area contributed by atoms with Crippen molar-refractivity contribution in [2.45, 2.75) is 26.2 Å². The summed E-state index contributed by atoms with van der Waals surface area (Å²) in [5, 5.41) is 0. The molecule has 0 spiro atoms. The summed E-state index contributed by atoms with van der Waals surface area (Å²) in [6.45, 7) is 1.23. The van der Waals surface area contributed by atoms with Crippen LogP contribution in [-0.4, -0.2) is 12.4 Å². The largest absolute Gasteiger partial charge is 0.480 e. The monoisotopic (exact) mass is 276 g/mol. The van der Waals surface area contributed by atoms with Gasteiger partial charge in [0, 0.05) is 11.5 Å². The molecule has 0 amide bonds. The second-order valence-electron chi connectivity index (χ2n) is 4.64. The first-order chi connectivity index (χ1) is 8.91. The first-order valence-corrected chi connectivity index (χ1v) is 5.90. The number of halogens is 4. The fourth-order valence-electron chi connectivity index (χ4n) is 1.95. The van der Waals surface area contributed by atoms with Crippen LogP contribution in [0.5, 0.6) is 5.75 Å². The fourth-order valence-corrected chi connectivity index (χ4v) is 1.95. The Balaban J connectivity index is 2.14. The smallest absolute Gasteiger partial charge is 0.203 e. The zero-order valence-corrected chi connectivity index (χ0v) is 10.2. The van der Waals surface area contributed by atoms with Crippen molar-refractivity contribution in [1.29, 1.82) is 0 Å². The minimum Gasteiger partial charge on any atom is -0.480 e. The van der Waals surface area contributed by atoms with E-state index in [1.807, 2.05) is 6.92 Å². The molecule has 0 aromatic heterocycles. The quantitative estimate of drug-likeness (QED) is 0.608. The maximum absolute atomic E-state index is 13.3. The minimum absolute atomic E-state index is 0.0910. The van der Waals surface area contributed by atoms with Crippen molar-refractivity contribution < 1.29 is 27.1 Å². The van der Waals surface area contributed by atoms with Gasteiger partial charge in [-0.05, 0) is 19.3 Å². The van der Waals surface area contributed by atoms with E-state index in [-0.39, 0.29) is 11.8 Å². The minimum atomic E-state index is -1.63. The highest BCUT2D eigenvalue weighted by Gasteiger charge is 2.47. The average Bonchev–Trinajstić information content (AvgIpc) is 3.17. The predicted molar refractivity (Wildman–Crippen MR) is 58.7 cm³/mol. The van der Waals surface area contributed by atoms with Gasteiger partial charge >= 0.3 is 0 Å². The second kappa shape index (κ2) is 4.83. The number of ether oxygens (including phenoxy) is 1. The number of ketones is 1. The molecule has 104 valence electrons. The molecule has 1 saturated carbocycles. The van der Waals surface area contributed by atoms with Gasteiger partial charge in [-0.3, -0.25) is 4.79 Å². The summed E-state index contributed by atoms with van der Waals surface area (Å²) in [6.07, 6.45) is 2.01. The molecule has 2 nitrogen and oxygen atoms in total. The summed E-state index contributed by atoms with van der Waals surface area (Å²) >= 11 is 0. The van der Waals surface area contributed by atoms with Gasteiger partial charge in [-0.1, -0.05) is 6.92 Å². The van der Waals surface area contributed by atoms with Crippen molar-refractivity contribution in [3.63, 3.8) is 0 Å². The number of carbonyl (C=O) groups is 1. The van der Waals surface area contributed by atoms with Crippen LogP contribution in [0.1, 0.15) is 26.2 Å². The van der Waals surface area contributed by atoms with Gasteiger partial charge in [-0.15, -0.1) is 0 Å². The van der Waals surface area contributed by atoms with Gasteiger partial charge in [0.05, 0.1) is 0 Å². The third-order valence-corrected chi connectivity index (χ3v) is 3.54. The Morgan fingerprint density at radius 2 is 1.74 bits per heavy atom. The third kappa shape index (κ3) is 2.43. The molecule has 0 N–H and O–H groups in total. The van der Waals surface area contributed by atoms with Crippen molar-refractivity contribution in [2.75, 3.05) is 6.61 Å². The van der Waals surface area contributed by atoms with E-state index in [9.17, 15) is 22.4 Å². The van der Waals surface area contributed by atoms with Crippen LogP contribution in [-0.2, 0) is 4.79 Å². The van der Waals surface area contributed by atoms with Crippen LogP contribution in [0.3, 0.4) is 0 Å². The molecule has 2 rings (SSSR count). The predicted octanol–water partition coefficient (Wildman–Crippen LogP) is 3.38. The molecule has 1 aliphatic carbocycles. The van der Waals surface area contributed by atoms with Gasteiger partial charge < -0.3 is 4.74 Å². The first kappa shape index (κ1) is 13.8. The molecular weight excluding hydrogens is 264 g/mol. The Bertz CT molecular complexity index is 498. The van der Waals surface area contributed by atoms with Gasteiger partial charge in [-0.25, -0.2) is 8.78 Å². The summed E-state index contributed by atoms with van der Waals surface area (Å²) in [5.74, 6) is -7.87. The molecule has 1 aromatic carbocycles. The molecule has 1 aliphatic rings. The fraction of sp³-hybridized carbons (Fsp3) is 0.462. The third-order valence-electron chi connectivity index (χ3n) is 3.54. The van der Waals surface area contributed by atoms with Gasteiger partial charge in [0.1, 0.15) is 6.61 Å². The van der Waals surface area contributed by atoms with E-state index in [0.29, 0.717) is 19.3 Å². The number of carbonyl (C=O) groups excluding carboxylic acids is 1. The van der Waals surface area contributed by atoms with Crippen LogP contribution in [0, 0.1) is 28.7 Å². The molecule has 0 radical (unpaired) electrons. The number of hydrogen-bond acceptors (Lipinski definition) is 2. The van der Waals surface area contributed by atoms with Gasteiger partial charge in [-0.2, -0.15) is 8.78 Å². The molecular formula is C13H12F4O2. The molecule has 0 bridgehead atoms. The summed E-state index contributed by atoms with van der Waals surface area (Å²) < 4.78 is 57.0.